The minimum atomic E-state index is 0.583. The lowest BCUT2D eigenvalue weighted by molar-refractivity contribution is 0.186. The van der Waals surface area contributed by atoms with Crippen LogP contribution in [-0.4, -0.2) is 17.8 Å². The maximum absolute atomic E-state index is 5.37. The van der Waals surface area contributed by atoms with Crippen molar-refractivity contribution in [1.82, 2.24) is 4.57 Å². The van der Waals surface area contributed by atoms with Gasteiger partial charge in [0.2, 0.25) is 0 Å². The van der Waals surface area contributed by atoms with Crippen LogP contribution in [0, 0.1) is 13.8 Å². The molecule has 2 rings (SSSR count). The first-order valence-corrected chi connectivity index (χ1v) is 4.51. The van der Waals surface area contributed by atoms with Gasteiger partial charge >= 0.3 is 0 Å². The van der Waals surface area contributed by atoms with E-state index in [4.69, 9.17) is 4.74 Å². The number of hydrogen-bond donors (Lipinski definition) is 0. The molecule has 0 amide bonds. The van der Waals surface area contributed by atoms with Gasteiger partial charge < -0.3 is 9.30 Å². The number of aromatic nitrogens is 1. The molecule has 66 valence electrons. The van der Waals surface area contributed by atoms with Crippen molar-refractivity contribution in [1.29, 1.82) is 0 Å². The molecule has 1 fully saturated rings. The molecular formula is C10H15NO. The van der Waals surface area contributed by atoms with Crippen LogP contribution in [0.4, 0.5) is 0 Å². The van der Waals surface area contributed by atoms with E-state index < -0.39 is 0 Å². The van der Waals surface area contributed by atoms with Crippen LogP contribution in [0.1, 0.15) is 23.9 Å². The summed E-state index contributed by atoms with van der Waals surface area (Å²) in [4.78, 5) is 0. The lowest BCUT2D eigenvalue weighted by Crippen LogP contribution is -2.11. The monoisotopic (exact) mass is 165 g/mol. The van der Waals surface area contributed by atoms with E-state index in [1.807, 2.05) is 0 Å². The standard InChI is InChI=1S/C10H15NO/c1-8-3-4-9(2)11(8)10-5-6-12-7-10/h3-4,10H,5-7H2,1-2H3. The van der Waals surface area contributed by atoms with Crippen molar-refractivity contribution >= 4 is 0 Å². The Morgan fingerprint density at radius 1 is 1.33 bits per heavy atom. The van der Waals surface area contributed by atoms with Gasteiger partial charge in [-0.1, -0.05) is 0 Å². The average Bonchev–Trinajstić information content (AvgIpc) is 2.61. The minimum Gasteiger partial charge on any atom is -0.379 e. The molecule has 1 aromatic rings. The summed E-state index contributed by atoms with van der Waals surface area (Å²) in [7, 11) is 0. The van der Waals surface area contributed by atoms with Gasteiger partial charge in [0.15, 0.2) is 0 Å². The molecule has 0 saturated carbocycles. The Morgan fingerprint density at radius 2 is 2.00 bits per heavy atom. The second-order valence-corrected chi connectivity index (χ2v) is 3.50. The number of hydrogen-bond acceptors (Lipinski definition) is 1. The van der Waals surface area contributed by atoms with Crippen LogP contribution in [0.25, 0.3) is 0 Å². The van der Waals surface area contributed by atoms with Gasteiger partial charge in [-0.25, -0.2) is 0 Å². The topological polar surface area (TPSA) is 14.2 Å². The van der Waals surface area contributed by atoms with E-state index in [0.29, 0.717) is 6.04 Å². The highest BCUT2D eigenvalue weighted by molar-refractivity contribution is 5.15. The smallest absolute Gasteiger partial charge is 0.0674 e. The highest BCUT2D eigenvalue weighted by atomic mass is 16.5. The average molecular weight is 165 g/mol. The second kappa shape index (κ2) is 2.94. The third-order valence-corrected chi connectivity index (χ3v) is 2.60. The van der Waals surface area contributed by atoms with Gasteiger partial charge in [-0.15, -0.1) is 0 Å². The van der Waals surface area contributed by atoms with Gasteiger partial charge in [0.05, 0.1) is 12.6 Å². The van der Waals surface area contributed by atoms with Crippen LogP contribution < -0.4 is 0 Å². The summed E-state index contributed by atoms with van der Waals surface area (Å²) in [5.74, 6) is 0. The third-order valence-electron chi connectivity index (χ3n) is 2.60. The Bertz CT molecular complexity index is 252. The van der Waals surface area contributed by atoms with Gasteiger partial charge in [-0.3, -0.25) is 0 Å². The number of nitrogens with zero attached hydrogens (tertiary/aromatic N) is 1. The fourth-order valence-corrected chi connectivity index (χ4v) is 1.98. The molecular weight excluding hydrogens is 150 g/mol. The lowest BCUT2D eigenvalue weighted by atomic mass is 10.2. The molecule has 1 aliphatic rings. The molecule has 2 nitrogen and oxygen atoms in total. The zero-order valence-electron chi connectivity index (χ0n) is 7.71. The van der Waals surface area contributed by atoms with Gasteiger partial charge in [0.25, 0.3) is 0 Å². The largest absolute Gasteiger partial charge is 0.379 e. The first kappa shape index (κ1) is 7.87. The first-order chi connectivity index (χ1) is 5.79. The summed E-state index contributed by atoms with van der Waals surface area (Å²) < 4.78 is 7.75. The molecule has 0 aliphatic carbocycles. The summed E-state index contributed by atoms with van der Waals surface area (Å²) in [6, 6.07) is 4.93. The van der Waals surface area contributed by atoms with Crippen molar-refractivity contribution in [3.63, 3.8) is 0 Å². The normalized spacial score (nSPS) is 23.3. The molecule has 2 heteroatoms. The molecule has 1 unspecified atom stereocenters. The summed E-state index contributed by atoms with van der Waals surface area (Å²) in [5, 5.41) is 0. The summed E-state index contributed by atoms with van der Waals surface area (Å²) >= 11 is 0. The zero-order chi connectivity index (χ0) is 8.55. The minimum absolute atomic E-state index is 0.583. The van der Waals surface area contributed by atoms with E-state index in [1.165, 1.54) is 11.4 Å². The van der Waals surface area contributed by atoms with Crippen LogP contribution in [-0.2, 0) is 4.74 Å². The maximum atomic E-state index is 5.37. The van der Waals surface area contributed by atoms with Crippen LogP contribution in [0.15, 0.2) is 12.1 Å². The fraction of sp³-hybridized carbons (Fsp3) is 0.600. The van der Waals surface area contributed by atoms with Crippen LogP contribution in [0.2, 0.25) is 0 Å². The van der Waals surface area contributed by atoms with Gasteiger partial charge in [0, 0.05) is 18.0 Å². The molecule has 0 aromatic carbocycles. The van der Waals surface area contributed by atoms with Crippen molar-refractivity contribution in [2.45, 2.75) is 26.3 Å². The van der Waals surface area contributed by atoms with Crippen molar-refractivity contribution in [2.24, 2.45) is 0 Å². The predicted octanol–water partition coefficient (Wildman–Crippen LogP) is 2.07. The quantitative estimate of drug-likeness (QED) is 0.621. The van der Waals surface area contributed by atoms with Crippen molar-refractivity contribution in [2.75, 3.05) is 13.2 Å². The second-order valence-electron chi connectivity index (χ2n) is 3.50. The molecule has 0 spiro atoms. The number of ether oxygens (including phenoxy) is 1. The van der Waals surface area contributed by atoms with E-state index in [0.717, 1.165) is 19.6 Å². The first-order valence-electron chi connectivity index (χ1n) is 4.51. The molecule has 0 bridgehead atoms. The molecule has 0 N–H and O–H groups in total. The Hall–Kier alpha value is -0.760. The summed E-state index contributed by atoms with van der Waals surface area (Å²) in [5.41, 5.74) is 2.70. The lowest BCUT2D eigenvalue weighted by Gasteiger charge is -2.15. The van der Waals surface area contributed by atoms with Gasteiger partial charge in [0.1, 0.15) is 0 Å². The van der Waals surface area contributed by atoms with E-state index in [2.05, 4.69) is 30.5 Å². The van der Waals surface area contributed by atoms with Crippen LogP contribution in [0.5, 0.6) is 0 Å². The Labute approximate surface area is 73.1 Å². The maximum Gasteiger partial charge on any atom is 0.0674 e. The highest BCUT2D eigenvalue weighted by Gasteiger charge is 2.19. The molecule has 2 heterocycles. The van der Waals surface area contributed by atoms with Crippen molar-refractivity contribution < 1.29 is 4.74 Å². The molecule has 0 radical (unpaired) electrons. The van der Waals surface area contributed by atoms with E-state index in [9.17, 15) is 0 Å². The fourth-order valence-electron chi connectivity index (χ4n) is 1.98. The predicted molar refractivity (Wildman–Crippen MR) is 48.4 cm³/mol. The number of aryl methyl sites for hydroxylation is 2. The zero-order valence-corrected chi connectivity index (χ0v) is 7.71. The van der Waals surface area contributed by atoms with Crippen molar-refractivity contribution in [3.05, 3.63) is 23.5 Å². The van der Waals surface area contributed by atoms with Crippen LogP contribution in [0.3, 0.4) is 0 Å². The Kier molecular flexibility index (Phi) is 1.93. The summed E-state index contributed by atoms with van der Waals surface area (Å²) in [6.07, 6.45) is 1.16. The van der Waals surface area contributed by atoms with E-state index in [1.54, 1.807) is 0 Å². The van der Waals surface area contributed by atoms with E-state index in [-0.39, 0.29) is 0 Å². The van der Waals surface area contributed by atoms with E-state index >= 15 is 0 Å². The third kappa shape index (κ3) is 1.16. The molecule has 1 saturated heterocycles. The molecule has 1 aromatic heterocycles. The highest BCUT2D eigenvalue weighted by Crippen LogP contribution is 2.23. The summed E-state index contributed by atoms with van der Waals surface area (Å²) in [6.45, 7) is 6.12. The Balaban J connectivity index is 2.30. The molecule has 1 atom stereocenters. The SMILES string of the molecule is Cc1ccc(C)n1C1CCOC1. The van der Waals surface area contributed by atoms with Crippen LogP contribution >= 0.6 is 0 Å². The van der Waals surface area contributed by atoms with Crippen molar-refractivity contribution in [3.8, 4) is 0 Å². The molecule has 12 heavy (non-hydrogen) atoms. The van der Waals surface area contributed by atoms with Gasteiger partial charge in [-0.05, 0) is 32.4 Å². The Morgan fingerprint density at radius 3 is 2.50 bits per heavy atom. The molecule has 1 aliphatic heterocycles. The number of rotatable bonds is 1. The van der Waals surface area contributed by atoms with Gasteiger partial charge in [-0.2, -0.15) is 0 Å².